The minimum Gasteiger partial charge on any atom is -0.439 e. The van der Waals surface area contributed by atoms with Crippen LogP contribution in [0.5, 0.6) is 11.6 Å². The lowest BCUT2D eigenvalue weighted by atomic mass is 10.0. The number of rotatable bonds is 4. The first-order valence-electron chi connectivity index (χ1n) is 7.20. The Morgan fingerprint density at radius 3 is 2.52 bits per heavy atom. The van der Waals surface area contributed by atoms with Crippen molar-refractivity contribution < 1.29 is 9.53 Å². The maximum atomic E-state index is 11.5. The Morgan fingerprint density at radius 1 is 1.13 bits per heavy atom. The van der Waals surface area contributed by atoms with Gasteiger partial charge in [0.05, 0.1) is 5.56 Å². The standard InChI is InChI=1S/C18H17N3O2/c1-12-4-3-5-17(20-12)23-14-8-6-13(7-9-14)15-10-21(2)11-16(15)18(19)22/h3-11H,1-2H3,(H2,19,22). The Balaban J connectivity index is 1.86. The molecule has 1 aromatic carbocycles. The van der Waals surface area contributed by atoms with Gasteiger partial charge in [0.2, 0.25) is 5.88 Å². The molecule has 0 radical (unpaired) electrons. The third kappa shape index (κ3) is 3.23. The Morgan fingerprint density at radius 2 is 1.87 bits per heavy atom. The van der Waals surface area contributed by atoms with E-state index in [4.69, 9.17) is 10.5 Å². The monoisotopic (exact) mass is 307 g/mol. The molecule has 5 heteroatoms. The van der Waals surface area contributed by atoms with Crippen molar-refractivity contribution >= 4 is 5.91 Å². The summed E-state index contributed by atoms with van der Waals surface area (Å²) >= 11 is 0. The largest absolute Gasteiger partial charge is 0.439 e. The molecule has 2 aromatic heterocycles. The molecule has 0 aliphatic heterocycles. The molecule has 0 saturated carbocycles. The van der Waals surface area contributed by atoms with E-state index in [1.165, 1.54) is 0 Å². The predicted molar refractivity (Wildman–Crippen MR) is 88.4 cm³/mol. The molecule has 0 unspecified atom stereocenters. The van der Waals surface area contributed by atoms with Gasteiger partial charge in [-0.05, 0) is 30.7 Å². The van der Waals surface area contributed by atoms with Gasteiger partial charge in [-0.1, -0.05) is 18.2 Å². The number of ether oxygens (including phenoxy) is 1. The number of primary amides is 1. The van der Waals surface area contributed by atoms with Crippen molar-refractivity contribution in [3.05, 3.63) is 66.1 Å². The van der Waals surface area contributed by atoms with Crippen molar-refractivity contribution in [1.82, 2.24) is 9.55 Å². The average molecular weight is 307 g/mol. The minimum absolute atomic E-state index is 0.440. The molecule has 23 heavy (non-hydrogen) atoms. The van der Waals surface area contributed by atoms with Crippen molar-refractivity contribution in [3.8, 4) is 22.8 Å². The van der Waals surface area contributed by atoms with Gasteiger partial charge in [0.1, 0.15) is 5.75 Å². The zero-order chi connectivity index (χ0) is 16.4. The molecule has 0 spiro atoms. The van der Waals surface area contributed by atoms with Gasteiger partial charge < -0.3 is 15.0 Å². The van der Waals surface area contributed by atoms with Crippen LogP contribution in [0.1, 0.15) is 16.1 Å². The number of nitrogens with zero attached hydrogens (tertiary/aromatic N) is 2. The summed E-state index contributed by atoms with van der Waals surface area (Å²) in [7, 11) is 1.86. The third-order valence-electron chi connectivity index (χ3n) is 3.47. The second-order valence-electron chi connectivity index (χ2n) is 5.36. The molecule has 0 saturated heterocycles. The van der Waals surface area contributed by atoms with E-state index in [0.29, 0.717) is 17.2 Å². The quantitative estimate of drug-likeness (QED) is 0.804. The van der Waals surface area contributed by atoms with Gasteiger partial charge in [0.25, 0.3) is 5.91 Å². The minimum atomic E-state index is -0.440. The van der Waals surface area contributed by atoms with Crippen LogP contribution in [-0.4, -0.2) is 15.5 Å². The van der Waals surface area contributed by atoms with E-state index < -0.39 is 5.91 Å². The first-order chi connectivity index (χ1) is 11.0. The second kappa shape index (κ2) is 5.96. The fourth-order valence-corrected chi connectivity index (χ4v) is 2.41. The molecule has 0 aliphatic rings. The highest BCUT2D eigenvalue weighted by Gasteiger charge is 2.12. The van der Waals surface area contributed by atoms with Gasteiger partial charge in [-0.15, -0.1) is 0 Å². The maximum absolute atomic E-state index is 11.5. The van der Waals surface area contributed by atoms with E-state index in [0.717, 1.165) is 16.8 Å². The summed E-state index contributed by atoms with van der Waals surface area (Å²) < 4.78 is 7.54. The number of nitrogens with two attached hydrogens (primary N) is 1. The number of hydrogen-bond donors (Lipinski definition) is 1. The third-order valence-corrected chi connectivity index (χ3v) is 3.47. The Hall–Kier alpha value is -3.08. The lowest BCUT2D eigenvalue weighted by Crippen LogP contribution is -2.10. The smallest absolute Gasteiger partial charge is 0.250 e. The molecule has 1 amide bonds. The molecular formula is C18H17N3O2. The van der Waals surface area contributed by atoms with Gasteiger partial charge in [0, 0.05) is 36.8 Å². The number of carbonyl (C=O) groups is 1. The van der Waals surface area contributed by atoms with E-state index in [-0.39, 0.29) is 0 Å². The molecule has 2 N–H and O–H groups in total. The summed E-state index contributed by atoms with van der Waals surface area (Å²) in [6.45, 7) is 1.91. The van der Waals surface area contributed by atoms with Crippen molar-refractivity contribution in [3.63, 3.8) is 0 Å². The van der Waals surface area contributed by atoms with E-state index in [1.807, 2.05) is 67.2 Å². The van der Waals surface area contributed by atoms with Crippen molar-refractivity contribution in [2.75, 3.05) is 0 Å². The fourth-order valence-electron chi connectivity index (χ4n) is 2.41. The van der Waals surface area contributed by atoms with Gasteiger partial charge >= 0.3 is 0 Å². The zero-order valence-electron chi connectivity index (χ0n) is 13.0. The molecule has 0 atom stereocenters. The van der Waals surface area contributed by atoms with Crippen molar-refractivity contribution in [2.45, 2.75) is 6.92 Å². The Bertz CT molecular complexity index is 851. The Labute approximate surface area is 134 Å². The van der Waals surface area contributed by atoms with Gasteiger partial charge in [-0.25, -0.2) is 4.98 Å². The summed E-state index contributed by atoms with van der Waals surface area (Å²) in [4.78, 5) is 15.8. The fraction of sp³-hybridized carbons (Fsp3) is 0.111. The lowest BCUT2D eigenvalue weighted by Gasteiger charge is -2.07. The summed E-state index contributed by atoms with van der Waals surface area (Å²) in [6, 6.07) is 13.1. The molecular weight excluding hydrogens is 290 g/mol. The number of pyridine rings is 1. The molecule has 3 rings (SSSR count). The van der Waals surface area contributed by atoms with Crippen LogP contribution in [0.4, 0.5) is 0 Å². The van der Waals surface area contributed by atoms with Gasteiger partial charge in [-0.3, -0.25) is 4.79 Å². The molecule has 3 aromatic rings. The average Bonchev–Trinajstić information content (AvgIpc) is 2.90. The molecule has 5 nitrogen and oxygen atoms in total. The van der Waals surface area contributed by atoms with Gasteiger partial charge in [0.15, 0.2) is 0 Å². The highest BCUT2D eigenvalue weighted by atomic mass is 16.5. The first kappa shape index (κ1) is 14.8. The maximum Gasteiger partial charge on any atom is 0.250 e. The van der Waals surface area contributed by atoms with Crippen LogP contribution in [0.2, 0.25) is 0 Å². The predicted octanol–water partition coefficient (Wildman–Crippen LogP) is 3.29. The zero-order valence-corrected chi connectivity index (χ0v) is 13.0. The summed E-state index contributed by atoms with van der Waals surface area (Å²) in [6.07, 6.45) is 3.59. The lowest BCUT2D eigenvalue weighted by molar-refractivity contribution is 0.100. The number of carbonyl (C=O) groups excluding carboxylic acids is 1. The highest BCUT2D eigenvalue weighted by molar-refractivity contribution is 5.99. The molecule has 0 fully saturated rings. The summed E-state index contributed by atoms with van der Waals surface area (Å²) in [5, 5.41) is 0. The van der Waals surface area contributed by atoms with Crippen LogP contribution in [-0.2, 0) is 7.05 Å². The number of aryl methyl sites for hydroxylation is 2. The summed E-state index contributed by atoms with van der Waals surface area (Å²) in [5.41, 5.74) is 8.54. The summed E-state index contributed by atoms with van der Waals surface area (Å²) in [5.74, 6) is 0.795. The van der Waals surface area contributed by atoms with Crippen molar-refractivity contribution in [1.29, 1.82) is 0 Å². The number of hydrogen-bond acceptors (Lipinski definition) is 3. The van der Waals surface area contributed by atoms with Crippen LogP contribution in [0, 0.1) is 6.92 Å². The van der Waals surface area contributed by atoms with E-state index in [9.17, 15) is 4.79 Å². The normalized spacial score (nSPS) is 10.5. The molecule has 0 bridgehead atoms. The number of aromatic nitrogens is 2. The van der Waals surface area contributed by atoms with E-state index >= 15 is 0 Å². The first-order valence-corrected chi connectivity index (χ1v) is 7.20. The van der Waals surface area contributed by atoms with Gasteiger partial charge in [-0.2, -0.15) is 0 Å². The number of benzene rings is 1. The number of amides is 1. The van der Waals surface area contributed by atoms with Crippen LogP contribution in [0.25, 0.3) is 11.1 Å². The highest BCUT2D eigenvalue weighted by Crippen LogP contribution is 2.28. The topological polar surface area (TPSA) is 70.1 Å². The van der Waals surface area contributed by atoms with Crippen LogP contribution >= 0.6 is 0 Å². The van der Waals surface area contributed by atoms with E-state index in [1.54, 1.807) is 6.20 Å². The Kier molecular flexibility index (Phi) is 3.85. The molecule has 116 valence electrons. The van der Waals surface area contributed by atoms with Crippen molar-refractivity contribution in [2.24, 2.45) is 12.8 Å². The second-order valence-corrected chi connectivity index (χ2v) is 5.36. The van der Waals surface area contributed by atoms with Crippen LogP contribution in [0.3, 0.4) is 0 Å². The van der Waals surface area contributed by atoms with Crippen LogP contribution < -0.4 is 10.5 Å². The SMILES string of the molecule is Cc1cccc(Oc2ccc(-c3cn(C)cc3C(N)=O)cc2)n1. The van der Waals surface area contributed by atoms with Crippen LogP contribution in [0.15, 0.2) is 54.9 Å². The van der Waals surface area contributed by atoms with E-state index in [2.05, 4.69) is 4.98 Å². The molecule has 0 aliphatic carbocycles. The molecule has 2 heterocycles.